The van der Waals surface area contributed by atoms with Gasteiger partial charge in [-0.1, -0.05) is 18.6 Å². The van der Waals surface area contributed by atoms with E-state index in [0.29, 0.717) is 23.9 Å². The average Bonchev–Trinajstić information content (AvgIpc) is 3.25. The molecule has 1 aromatic carbocycles. The van der Waals surface area contributed by atoms with Crippen LogP contribution in [0.2, 0.25) is 0 Å². The molecule has 27 heavy (non-hydrogen) atoms. The van der Waals surface area contributed by atoms with Crippen LogP contribution in [0.15, 0.2) is 29.2 Å². The van der Waals surface area contributed by atoms with E-state index in [1.807, 2.05) is 0 Å². The van der Waals surface area contributed by atoms with Gasteiger partial charge >= 0.3 is 0 Å². The lowest BCUT2D eigenvalue weighted by atomic mass is 9.71. The van der Waals surface area contributed by atoms with Crippen LogP contribution in [0.1, 0.15) is 44.6 Å². The standard InChI is InChI=1S/C20H28N2O4S/c1-15(23)21-13-16-5-7-17(8-6-16)27(24,25)22-14-20(9-11-26-12-10-20)18-3-2-4-19(18)22/h5-8,18-19H,2-4,9-14H2,1H3,(H,21,23)/t18-,19+/m1/s1. The van der Waals surface area contributed by atoms with E-state index in [2.05, 4.69) is 5.32 Å². The zero-order valence-corrected chi connectivity index (χ0v) is 16.6. The van der Waals surface area contributed by atoms with Crippen LogP contribution in [0.5, 0.6) is 0 Å². The van der Waals surface area contributed by atoms with Gasteiger partial charge in [-0.05, 0) is 54.7 Å². The van der Waals surface area contributed by atoms with E-state index in [0.717, 1.165) is 50.9 Å². The van der Waals surface area contributed by atoms with E-state index < -0.39 is 10.0 Å². The van der Waals surface area contributed by atoms with Crippen molar-refractivity contribution in [1.29, 1.82) is 0 Å². The van der Waals surface area contributed by atoms with Gasteiger partial charge in [0.05, 0.1) is 4.90 Å². The van der Waals surface area contributed by atoms with Crippen molar-refractivity contribution >= 4 is 15.9 Å². The number of nitrogens with one attached hydrogen (secondary N) is 1. The minimum Gasteiger partial charge on any atom is -0.381 e. The first-order chi connectivity index (χ1) is 12.9. The van der Waals surface area contributed by atoms with Crippen molar-refractivity contribution in [1.82, 2.24) is 9.62 Å². The molecule has 2 saturated heterocycles. The Bertz CT molecular complexity index is 800. The molecular formula is C20H28N2O4S. The molecule has 4 rings (SSSR count). The third-order valence-corrected chi connectivity index (χ3v) is 8.55. The minimum absolute atomic E-state index is 0.0951. The fourth-order valence-electron chi connectivity index (χ4n) is 5.26. The Morgan fingerprint density at radius 1 is 1.22 bits per heavy atom. The summed E-state index contributed by atoms with van der Waals surface area (Å²) in [5.74, 6) is 0.369. The molecule has 7 heteroatoms. The number of carbonyl (C=O) groups excluding carboxylic acids is 1. The smallest absolute Gasteiger partial charge is 0.243 e. The molecule has 3 fully saturated rings. The number of hydrogen-bond acceptors (Lipinski definition) is 4. The first-order valence-corrected chi connectivity index (χ1v) is 11.3. The Labute approximate surface area is 161 Å². The number of sulfonamides is 1. The zero-order chi connectivity index (χ0) is 19.1. The molecule has 1 spiro atoms. The van der Waals surface area contributed by atoms with E-state index in [1.165, 1.54) is 6.92 Å². The average molecular weight is 393 g/mol. The van der Waals surface area contributed by atoms with Gasteiger partial charge in [-0.15, -0.1) is 0 Å². The van der Waals surface area contributed by atoms with Crippen LogP contribution in [0, 0.1) is 11.3 Å². The second-order valence-electron chi connectivity index (χ2n) is 8.18. The number of carbonyl (C=O) groups is 1. The van der Waals surface area contributed by atoms with Crippen LogP contribution in [0.3, 0.4) is 0 Å². The lowest BCUT2D eigenvalue weighted by molar-refractivity contribution is -0.119. The van der Waals surface area contributed by atoms with Crippen LogP contribution < -0.4 is 5.32 Å². The summed E-state index contributed by atoms with van der Waals surface area (Å²) in [6.45, 7) is 4.00. The van der Waals surface area contributed by atoms with Gasteiger partial charge in [0.15, 0.2) is 0 Å². The topological polar surface area (TPSA) is 75.7 Å². The monoisotopic (exact) mass is 392 g/mol. The molecule has 2 aliphatic heterocycles. The summed E-state index contributed by atoms with van der Waals surface area (Å²) < 4.78 is 34.2. The van der Waals surface area contributed by atoms with Crippen molar-refractivity contribution in [3.63, 3.8) is 0 Å². The molecule has 1 aliphatic carbocycles. The second-order valence-corrected chi connectivity index (χ2v) is 10.1. The Morgan fingerprint density at radius 3 is 2.59 bits per heavy atom. The van der Waals surface area contributed by atoms with Gasteiger partial charge in [-0.2, -0.15) is 4.31 Å². The fourth-order valence-corrected chi connectivity index (χ4v) is 7.04. The Morgan fingerprint density at radius 2 is 1.93 bits per heavy atom. The summed E-state index contributed by atoms with van der Waals surface area (Å²) in [6, 6.07) is 7.05. The van der Waals surface area contributed by atoms with E-state index >= 15 is 0 Å². The van der Waals surface area contributed by atoms with Gasteiger partial charge in [0.1, 0.15) is 0 Å². The molecule has 2 heterocycles. The third-order valence-electron chi connectivity index (χ3n) is 6.67. The summed E-state index contributed by atoms with van der Waals surface area (Å²) in [4.78, 5) is 11.4. The number of fused-ring (bicyclic) bond motifs is 2. The number of nitrogens with zero attached hydrogens (tertiary/aromatic N) is 1. The Kier molecular flexibility index (Phi) is 5.03. The molecule has 6 nitrogen and oxygen atoms in total. The molecule has 1 aromatic rings. The molecule has 3 aliphatic rings. The highest BCUT2D eigenvalue weighted by molar-refractivity contribution is 7.89. The molecular weight excluding hydrogens is 364 g/mol. The van der Waals surface area contributed by atoms with Crippen LogP contribution in [-0.2, 0) is 26.1 Å². The summed E-state index contributed by atoms with van der Waals surface area (Å²) in [7, 11) is -3.51. The first-order valence-electron chi connectivity index (χ1n) is 9.85. The summed E-state index contributed by atoms with van der Waals surface area (Å²) in [5.41, 5.74) is 0.989. The molecule has 0 radical (unpaired) electrons. The van der Waals surface area contributed by atoms with E-state index in [1.54, 1.807) is 28.6 Å². The van der Waals surface area contributed by atoms with E-state index in [-0.39, 0.29) is 17.4 Å². The van der Waals surface area contributed by atoms with Crippen LogP contribution in [0.4, 0.5) is 0 Å². The molecule has 1 saturated carbocycles. The molecule has 1 amide bonds. The van der Waals surface area contributed by atoms with Gasteiger partial charge in [0.25, 0.3) is 0 Å². The van der Waals surface area contributed by atoms with Crippen molar-refractivity contribution in [3.8, 4) is 0 Å². The SMILES string of the molecule is CC(=O)NCc1ccc(S(=O)(=O)N2CC3(CCOCC3)[C@@H]3CCC[C@@H]32)cc1. The quantitative estimate of drug-likeness (QED) is 0.853. The Balaban J connectivity index is 1.57. The molecule has 148 valence electrons. The minimum atomic E-state index is -3.51. The lowest BCUT2D eigenvalue weighted by Crippen LogP contribution is -2.38. The van der Waals surface area contributed by atoms with Gasteiger partial charge in [-0.3, -0.25) is 4.79 Å². The van der Waals surface area contributed by atoms with Crippen molar-refractivity contribution in [2.45, 2.75) is 56.5 Å². The maximum atomic E-state index is 13.4. The van der Waals surface area contributed by atoms with Crippen molar-refractivity contribution in [2.75, 3.05) is 19.8 Å². The van der Waals surface area contributed by atoms with E-state index in [4.69, 9.17) is 4.74 Å². The van der Waals surface area contributed by atoms with E-state index in [9.17, 15) is 13.2 Å². The predicted octanol–water partition coefficient (Wildman–Crippen LogP) is 2.29. The number of ether oxygens (including phenoxy) is 1. The summed E-state index contributed by atoms with van der Waals surface area (Å²) in [6.07, 6.45) is 5.14. The van der Waals surface area contributed by atoms with Crippen LogP contribution >= 0.6 is 0 Å². The van der Waals surface area contributed by atoms with Gasteiger partial charge in [-0.25, -0.2) is 8.42 Å². The number of rotatable bonds is 4. The van der Waals surface area contributed by atoms with Gasteiger partial charge in [0.2, 0.25) is 15.9 Å². The molecule has 0 bridgehead atoms. The summed E-state index contributed by atoms with van der Waals surface area (Å²) >= 11 is 0. The highest BCUT2D eigenvalue weighted by Gasteiger charge is 2.57. The molecule has 1 N–H and O–H groups in total. The lowest BCUT2D eigenvalue weighted by Gasteiger charge is -2.37. The first kappa shape index (κ1) is 18.9. The zero-order valence-electron chi connectivity index (χ0n) is 15.8. The Hall–Kier alpha value is -1.44. The van der Waals surface area contributed by atoms with Crippen molar-refractivity contribution < 1.29 is 17.9 Å². The summed E-state index contributed by atoms with van der Waals surface area (Å²) in [5, 5.41) is 2.73. The second kappa shape index (κ2) is 7.18. The number of benzene rings is 1. The molecule has 0 unspecified atom stereocenters. The highest BCUT2D eigenvalue weighted by Crippen LogP contribution is 2.55. The maximum Gasteiger partial charge on any atom is 0.243 e. The van der Waals surface area contributed by atoms with Crippen molar-refractivity contribution in [3.05, 3.63) is 29.8 Å². The van der Waals surface area contributed by atoms with Gasteiger partial charge < -0.3 is 10.1 Å². The highest BCUT2D eigenvalue weighted by atomic mass is 32.2. The number of amides is 1. The van der Waals surface area contributed by atoms with Crippen LogP contribution in [-0.4, -0.2) is 44.4 Å². The molecule has 0 aromatic heterocycles. The molecule has 2 atom stereocenters. The van der Waals surface area contributed by atoms with Crippen LogP contribution in [0.25, 0.3) is 0 Å². The normalized spacial score (nSPS) is 27.6. The third kappa shape index (κ3) is 3.41. The maximum absolute atomic E-state index is 13.4. The number of hydrogen-bond donors (Lipinski definition) is 1. The fraction of sp³-hybridized carbons (Fsp3) is 0.650. The largest absolute Gasteiger partial charge is 0.381 e. The predicted molar refractivity (Wildman–Crippen MR) is 101 cm³/mol. The van der Waals surface area contributed by atoms with Crippen molar-refractivity contribution in [2.24, 2.45) is 11.3 Å². The van der Waals surface area contributed by atoms with Gasteiger partial charge in [0, 0.05) is 39.3 Å².